The summed E-state index contributed by atoms with van der Waals surface area (Å²) in [4.78, 5) is 19.1. The minimum Gasteiger partial charge on any atom is -0.372 e. The summed E-state index contributed by atoms with van der Waals surface area (Å²) in [6, 6.07) is 6.06. The molecule has 1 saturated heterocycles. The highest BCUT2D eigenvalue weighted by atomic mass is 32.2. The van der Waals surface area contributed by atoms with E-state index in [0.29, 0.717) is 23.9 Å². The molecule has 2 aromatic rings. The normalized spacial score (nSPS) is 21.1. The van der Waals surface area contributed by atoms with Gasteiger partial charge in [-0.05, 0) is 44.4 Å². The van der Waals surface area contributed by atoms with E-state index in [0.717, 1.165) is 5.69 Å². The van der Waals surface area contributed by atoms with Crippen LogP contribution in [0.15, 0.2) is 35.6 Å². The lowest BCUT2D eigenvalue weighted by atomic mass is 10.2. The number of morpholine rings is 1. The van der Waals surface area contributed by atoms with Crippen LogP contribution in [0.3, 0.4) is 0 Å². The number of benzene rings is 1. The quantitative estimate of drug-likeness (QED) is 0.800. The summed E-state index contributed by atoms with van der Waals surface area (Å²) in [6.07, 6.45) is 3.48. The highest BCUT2D eigenvalue weighted by Crippen LogP contribution is 2.24. The van der Waals surface area contributed by atoms with Gasteiger partial charge in [-0.1, -0.05) is 11.8 Å². The molecule has 5 nitrogen and oxygen atoms in total. The van der Waals surface area contributed by atoms with Gasteiger partial charge >= 0.3 is 0 Å². The maximum Gasteiger partial charge on any atom is 0.272 e. The topological polar surface area (TPSA) is 47.4 Å². The molecule has 7 heteroatoms. The number of hydrogen-bond acceptors (Lipinski definition) is 4. The molecule has 1 aliphatic heterocycles. The number of ether oxygens (including phenoxy) is 1. The largest absolute Gasteiger partial charge is 0.372 e. The van der Waals surface area contributed by atoms with Crippen LogP contribution < -0.4 is 0 Å². The van der Waals surface area contributed by atoms with Crippen LogP contribution in [-0.4, -0.2) is 51.9 Å². The highest BCUT2D eigenvalue weighted by molar-refractivity contribution is 7.98. The molecule has 2 heterocycles. The fraction of sp³-hybridized carbons (Fsp3) is 0.412. The molecule has 0 saturated carbocycles. The van der Waals surface area contributed by atoms with Crippen molar-refractivity contribution in [2.45, 2.75) is 31.2 Å². The van der Waals surface area contributed by atoms with E-state index in [1.165, 1.54) is 23.9 Å². The Morgan fingerprint density at radius 3 is 2.46 bits per heavy atom. The summed E-state index contributed by atoms with van der Waals surface area (Å²) >= 11 is 1.44. The Hall–Kier alpha value is -1.86. The summed E-state index contributed by atoms with van der Waals surface area (Å²) in [5, 5.41) is 0.694. The van der Waals surface area contributed by atoms with Gasteiger partial charge in [0.1, 0.15) is 11.5 Å². The molecule has 0 spiro atoms. The molecule has 1 aromatic heterocycles. The van der Waals surface area contributed by atoms with Gasteiger partial charge in [0.15, 0.2) is 5.16 Å². The Labute approximate surface area is 144 Å². The summed E-state index contributed by atoms with van der Waals surface area (Å²) in [5.41, 5.74) is 1.20. The van der Waals surface area contributed by atoms with E-state index in [-0.39, 0.29) is 23.9 Å². The van der Waals surface area contributed by atoms with E-state index in [1.54, 1.807) is 27.8 Å². The molecule has 1 fully saturated rings. The smallest absolute Gasteiger partial charge is 0.272 e. The Kier molecular flexibility index (Phi) is 4.91. The second kappa shape index (κ2) is 6.94. The van der Waals surface area contributed by atoms with Crippen LogP contribution in [0.1, 0.15) is 24.3 Å². The Morgan fingerprint density at radius 2 is 1.88 bits per heavy atom. The first-order valence-corrected chi connectivity index (χ1v) is 9.04. The Balaban J connectivity index is 1.97. The summed E-state index contributed by atoms with van der Waals surface area (Å²) in [7, 11) is 0. The first-order valence-electron chi connectivity index (χ1n) is 7.82. The SMILES string of the molecule is CSc1ncc(C(=O)N2CC(C)OC(C)C2)n1-c1ccc(F)cc1. The summed E-state index contributed by atoms with van der Waals surface area (Å²) in [5.74, 6) is -0.401. The number of imidazole rings is 1. The number of thioether (sulfide) groups is 1. The average Bonchev–Trinajstić information content (AvgIpc) is 2.98. The second-order valence-corrected chi connectivity index (χ2v) is 6.68. The molecule has 2 unspecified atom stereocenters. The van der Waals surface area contributed by atoms with Crippen LogP contribution in [0, 0.1) is 5.82 Å². The van der Waals surface area contributed by atoms with Crippen LogP contribution in [0.5, 0.6) is 0 Å². The molecule has 128 valence electrons. The van der Waals surface area contributed by atoms with Crippen molar-refractivity contribution in [3.63, 3.8) is 0 Å². The predicted octanol–water partition coefficient (Wildman–Crippen LogP) is 2.98. The first kappa shape index (κ1) is 17.0. The van der Waals surface area contributed by atoms with Crippen molar-refractivity contribution in [2.24, 2.45) is 0 Å². The zero-order valence-corrected chi connectivity index (χ0v) is 14.7. The van der Waals surface area contributed by atoms with Gasteiger partial charge in [-0.3, -0.25) is 9.36 Å². The maximum absolute atomic E-state index is 13.2. The molecule has 1 aromatic carbocycles. The number of carbonyl (C=O) groups excluding carboxylic acids is 1. The van der Waals surface area contributed by atoms with Gasteiger partial charge in [0.2, 0.25) is 0 Å². The molecule has 24 heavy (non-hydrogen) atoms. The van der Waals surface area contributed by atoms with Crippen molar-refractivity contribution < 1.29 is 13.9 Å². The number of aromatic nitrogens is 2. The van der Waals surface area contributed by atoms with Crippen molar-refractivity contribution in [1.82, 2.24) is 14.5 Å². The van der Waals surface area contributed by atoms with Crippen LogP contribution in [0.25, 0.3) is 5.69 Å². The molecule has 0 radical (unpaired) electrons. The Morgan fingerprint density at radius 1 is 1.25 bits per heavy atom. The monoisotopic (exact) mass is 349 g/mol. The molecule has 1 amide bonds. The van der Waals surface area contributed by atoms with Crippen LogP contribution in [-0.2, 0) is 4.74 Å². The number of carbonyl (C=O) groups is 1. The van der Waals surface area contributed by atoms with E-state index in [2.05, 4.69) is 4.98 Å². The third kappa shape index (κ3) is 3.32. The molecule has 0 bridgehead atoms. The van der Waals surface area contributed by atoms with Gasteiger partial charge in [0.05, 0.1) is 18.4 Å². The number of amides is 1. The molecule has 3 rings (SSSR count). The fourth-order valence-electron chi connectivity index (χ4n) is 2.98. The lowest BCUT2D eigenvalue weighted by Crippen LogP contribution is -2.48. The minimum atomic E-state index is -0.312. The van der Waals surface area contributed by atoms with E-state index in [1.807, 2.05) is 20.1 Å². The van der Waals surface area contributed by atoms with E-state index < -0.39 is 0 Å². The third-order valence-electron chi connectivity index (χ3n) is 3.92. The zero-order chi connectivity index (χ0) is 17.3. The number of halogens is 1. The maximum atomic E-state index is 13.2. The number of nitrogens with zero attached hydrogens (tertiary/aromatic N) is 3. The zero-order valence-electron chi connectivity index (χ0n) is 13.9. The fourth-order valence-corrected chi connectivity index (χ4v) is 3.52. The van der Waals surface area contributed by atoms with Crippen molar-refractivity contribution in [2.75, 3.05) is 19.3 Å². The number of hydrogen-bond donors (Lipinski definition) is 0. The van der Waals surface area contributed by atoms with E-state index >= 15 is 0 Å². The van der Waals surface area contributed by atoms with Crippen molar-refractivity contribution in [1.29, 1.82) is 0 Å². The Bertz CT molecular complexity index is 722. The van der Waals surface area contributed by atoms with Crippen LogP contribution >= 0.6 is 11.8 Å². The van der Waals surface area contributed by atoms with Gasteiger partial charge in [-0.25, -0.2) is 9.37 Å². The molecular formula is C17H20FN3O2S. The minimum absolute atomic E-state index is 0.0000804. The second-order valence-electron chi connectivity index (χ2n) is 5.91. The van der Waals surface area contributed by atoms with Crippen molar-refractivity contribution >= 4 is 17.7 Å². The summed E-state index contributed by atoms with van der Waals surface area (Å²) in [6.45, 7) is 5.01. The lowest BCUT2D eigenvalue weighted by Gasteiger charge is -2.35. The molecule has 2 atom stereocenters. The highest BCUT2D eigenvalue weighted by Gasteiger charge is 2.29. The third-order valence-corrected chi connectivity index (χ3v) is 4.58. The average molecular weight is 349 g/mol. The van der Waals surface area contributed by atoms with Gasteiger partial charge in [0.25, 0.3) is 5.91 Å². The molecule has 0 aliphatic carbocycles. The van der Waals surface area contributed by atoms with Crippen LogP contribution in [0.2, 0.25) is 0 Å². The molecule has 0 N–H and O–H groups in total. The molecule has 1 aliphatic rings. The number of rotatable bonds is 3. The lowest BCUT2D eigenvalue weighted by molar-refractivity contribution is -0.0588. The van der Waals surface area contributed by atoms with E-state index in [4.69, 9.17) is 4.74 Å². The predicted molar refractivity (Wildman–Crippen MR) is 91.2 cm³/mol. The first-order chi connectivity index (χ1) is 11.5. The standard InChI is InChI=1S/C17H20FN3O2S/c1-11-9-20(10-12(2)23-11)16(22)15-8-19-17(24-3)21(15)14-6-4-13(18)5-7-14/h4-8,11-12H,9-10H2,1-3H3. The van der Waals surface area contributed by atoms with Crippen LogP contribution in [0.4, 0.5) is 4.39 Å². The van der Waals surface area contributed by atoms with Gasteiger partial charge in [-0.2, -0.15) is 0 Å². The van der Waals surface area contributed by atoms with Gasteiger partial charge in [-0.15, -0.1) is 0 Å². The van der Waals surface area contributed by atoms with Crippen molar-refractivity contribution in [3.8, 4) is 5.69 Å². The summed E-state index contributed by atoms with van der Waals surface area (Å²) < 4.78 is 20.7. The van der Waals surface area contributed by atoms with E-state index in [9.17, 15) is 9.18 Å². The molecular weight excluding hydrogens is 329 g/mol. The van der Waals surface area contributed by atoms with Gasteiger partial charge in [0, 0.05) is 18.8 Å². The van der Waals surface area contributed by atoms with Gasteiger partial charge < -0.3 is 9.64 Å². The van der Waals surface area contributed by atoms with Crippen molar-refractivity contribution in [3.05, 3.63) is 42.0 Å².